The van der Waals surface area contributed by atoms with E-state index < -0.39 is 5.41 Å². The van der Waals surface area contributed by atoms with Crippen LogP contribution in [0.15, 0.2) is 22.9 Å². The number of aromatic nitrogens is 3. The van der Waals surface area contributed by atoms with Crippen LogP contribution in [0.5, 0.6) is 0 Å². The molecule has 3 rings (SSSR count). The molecule has 0 aliphatic carbocycles. The summed E-state index contributed by atoms with van der Waals surface area (Å²) in [7, 11) is 0. The number of nitrogens with zero attached hydrogens (tertiary/aromatic N) is 3. The molecule has 21 heavy (non-hydrogen) atoms. The smallest absolute Gasteiger partial charge is 0.242 e. The summed E-state index contributed by atoms with van der Waals surface area (Å²) < 4.78 is 5.33. The van der Waals surface area contributed by atoms with Crippen molar-refractivity contribution in [2.75, 3.05) is 6.54 Å². The van der Waals surface area contributed by atoms with Crippen LogP contribution in [0.3, 0.4) is 0 Å². The van der Waals surface area contributed by atoms with E-state index in [1.54, 1.807) is 6.20 Å². The van der Waals surface area contributed by atoms with Gasteiger partial charge in [0, 0.05) is 24.9 Å². The second-order valence-electron chi connectivity index (χ2n) is 5.69. The molecule has 110 valence electrons. The van der Waals surface area contributed by atoms with E-state index in [-0.39, 0.29) is 5.91 Å². The summed E-state index contributed by atoms with van der Waals surface area (Å²) in [5, 5.41) is 6.85. The zero-order valence-corrected chi connectivity index (χ0v) is 12.2. The Labute approximate surface area is 123 Å². The minimum absolute atomic E-state index is 0.0408. The molecule has 3 heterocycles. The van der Waals surface area contributed by atoms with E-state index in [9.17, 15) is 4.79 Å². The van der Waals surface area contributed by atoms with Crippen LogP contribution < -0.4 is 5.32 Å². The van der Waals surface area contributed by atoms with Crippen molar-refractivity contribution in [1.29, 1.82) is 0 Å². The molecule has 0 aromatic carbocycles. The molecule has 1 atom stereocenters. The molecule has 0 bridgehead atoms. The molecule has 0 spiro atoms. The van der Waals surface area contributed by atoms with Gasteiger partial charge in [-0.05, 0) is 38.3 Å². The summed E-state index contributed by atoms with van der Waals surface area (Å²) >= 11 is 0. The summed E-state index contributed by atoms with van der Waals surface area (Å²) in [6.07, 6.45) is 4.00. The van der Waals surface area contributed by atoms with Crippen LogP contribution in [0.1, 0.15) is 42.7 Å². The van der Waals surface area contributed by atoms with Crippen LogP contribution in [-0.2, 0) is 16.6 Å². The fraction of sp³-hybridized carbons (Fsp3) is 0.467. The molecule has 1 N–H and O–H groups in total. The lowest BCUT2D eigenvalue weighted by Gasteiger charge is -2.28. The Morgan fingerprint density at radius 2 is 2.29 bits per heavy atom. The maximum atomic E-state index is 12.1. The molecule has 0 radical (unpaired) electrons. The molecule has 1 amide bonds. The first-order valence-electron chi connectivity index (χ1n) is 7.11. The number of carbonyl (C=O) groups excluding carboxylic acids is 1. The van der Waals surface area contributed by atoms with Crippen molar-refractivity contribution in [2.45, 2.75) is 38.5 Å². The van der Waals surface area contributed by atoms with Crippen molar-refractivity contribution < 1.29 is 9.32 Å². The minimum atomic E-state index is -0.713. The van der Waals surface area contributed by atoms with Gasteiger partial charge in [0.25, 0.3) is 0 Å². The lowest BCUT2D eigenvalue weighted by molar-refractivity contribution is -0.128. The van der Waals surface area contributed by atoms with Crippen molar-refractivity contribution in [3.63, 3.8) is 0 Å². The largest absolute Gasteiger partial charge is 0.355 e. The van der Waals surface area contributed by atoms with Gasteiger partial charge in [-0.25, -0.2) is 0 Å². The Hall–Kier alpha value is -2.24. The number of aryl methyl sites for hydroxylation is 1. The first-order valence-corrected chi connectivity index (χ1v) is 7.11. The highest BCUT2D eigenvalue weighted by Crippen LogP contribution is 2.30. The highest BCUT2D eigenvalue weighted by atomic mass is 16.5. The number of nitrogens with one attached hydrogen (secondary N) is 1. The van der Waals surface area contributed by atoms with Crippen LogP contribution in [0.25, 0.3) is 0 Å². The molecule has 1 saturated heterocycles. The van der Waals surface area contributed by atoms with Crippen molar-refractivity contribution in [3.05, 3.63) is 41.3 Å². The summed E-state index contributed by atoms with van der Waals surface area (Å²) in [4.78, 5) is 20.7. The van der Waals surface area contributed by atoms with Gasteiger partial charge < -0.3 is 9.84 Å². The van der Waals surface area contributed by atoms with Crippen molar-refractivity contribution in [3.8, 4) is 0 Å². The van der Waals surface area contributed by atoms with Gasteiger partial charge >= 0.3 is 0 Å². The van der Waals surface area contributed by atoms with E-state index >= 15 is 0 Å². The van der Waals surface area contributed by atoms with Crippen molar-refractivity contribution >= 4 is 5.91 Å². The van der Waals surface area contributed by atoms with E-state index in [4.69, 9.17) is 4.52 Å². The number of carbonyl (C=O) groups is 1. The lowest BCUT2D eigenvalue weighted by atomic mass is 9.82. The summed E-state index contributed by atoms with van der Waals surface area (Å²) in [6.45, 7) is 4.51. The van der Waals surface area contributed by atoms with E-state index in [2.05, 4.69) is 20.4 Å². The quantitative estimate of drug-likeness (QED) is 0.925. The molecule has 1 unspecified atom stereocenters. The number of hydrogen-bond acceptors (Lipinski definition) is 5. The van der Waals surface area contributed by atoms with Gasteiger partial charge in [-0.2, -0.15) is 4.98 Å². The van der Waals surface area contributed by atoms with Crippen LogP contribution in [-0.4, -0.2) is 27.6 Å². The van der Waals surface area contributed by atoms with Gasteiger partial charge in [0.05, 0.1) is 0 Å². The Balaban J connectivity index is 1.80. The van der Waals surface area contributed by atoms with Gasteiger partial charge in [0.1, 0.15) is 5.41 Å². The second-order valence-corrected chi connectivity index (χ2v) is 5.69. The van der Waals surface area contributed by atoms with E-state index in [1.807, 2.05) is 26.0 Å². The first-order chi connectivity index (χ1) is 10.1. The highest BCUT2D eigenvalue weighted by molar-refractivity contribution is 5.87. The van der Waals surface area contributed by atoms with Gasteiger partial charge in [-0.3, -0.25) is 9.78 Å². The highest BCUT2D eigenvalue weighted by Gasteiger charge is 2.42. The molecule has 2 aromatic heterocycles. The molecule has 2 aromatic rings. The fourth-order valence-corrected chi connectivity index (χ4v) is 2.49. The predicted octanol–water partition coefficient (Wildman–Crippen LogP) is 1.53. The first kappa shape index (κ1) is 13.7. The Bertz CT molecular complexity index is 650. The number of hydrogen-bond donors (Lipinski definition) is 1. The van der Waals surface area contributed by atoms with Crippen molar-refractivity contribution in [2.24, 2.45) is 0 Å². The monoisotopic (exact) mass is 286 g/mol. The van der Waals surface area contributed by atoms with Crippen molar-refractivity contribution in [1.82, 2.24) is 20.4 Å². The summed E-state index contributed by atoms with van der Waals surface area (Å²) in [5.74, 6) is 0.936. The molecule has 1 fully saturated rings. The molecular weight excluding hydrogens is 268 g/mol. The third-order valence-electron chi connectivity index (χ3n) is 3.92. The summed E-state index contributed by atoms with van der Waals surface area (Å²) in [5.41, 5.74) is 1.28. The third-order valence-corrected chi connectivity index (χ3v) is 3.92. The molecular formula is C15H18N4O2. The van der Waals surface area contributed by atoms with Crippen LogP contribution in [0, 0.1) is 6.92 Å². The summed E-state index contributed by atoms with van der Waals surface area (Å²) in [6, 6.07) is 3.94. The van der Waals surface area contributed by atoms with Gasteiger partial charge in [0.2, 0.25) is 11.8 Å². The number of amides is 1. The second kappa shape index (κ2) is 5.27. The van der Waals surface area contributed by atoms with E-state index in [0.29, 0.717) is 24.7 Å². The third kappa shape index (κ3) is 2.66. The number of piperidine rings is 1. The minimum Gasteiger partial charge on any atom is -0.355 e. The maximum absolute atomic E-state index is 12.1. The SMILES string of the molecule is Cc1ccc(Cc2noc(C3(C)CCCNC3=O)n2)cn1. The standard InChI is InChI=1S/C15H18N4O2/c1-10-4-5-11(9-17-10)8-12-18-14(21-19-12)15(2)6-3-7-16-13(15)20/h4-5,9H,3,6-8H2,1-2H3,(H,16,20). The fourth-order valence-electron chi connectivity index (χ4n) is 2.49. The molecule has 1 aliphatic rings. The molecule has 6 nitrogen and oxygen atoms in total. The lowest BCUT2D eigenvalue weighted by Crippen LogP contribution is -2.47. The molecule has 6 heteroatoms. The molecule has 0 saturated carbocycles. The van der Waals surface area contributed by atoms with Gasteiger partial charge in [-0.15, -0.1) is 0 Å². The van der Waals surface area contributed by atoms with Gasteiger partial charge in [-0.1, -0.05) is 11.2 Å². The molecule has 1 aliphatic heterocycles. The van der Waals surface area contributed by atoms with E-state index in [0.717, 1.165) is 24.1 Å². The topological polar surface area (TPSA) is 80.9 Å². The normalized spacial score (nSPS) is 22.1. The van der Waals surface area contributed by atoms with Crippen LogP contribution >= 0.6 is 0 Å². The number of rotatable bonds is 3. The average Bonchev–Trinajstić information content (AvgIpc) is 2.94. The Morgan fingerprint density at radius 3 is 3.00 bits per heavy atom. The number of pyridine rings is 1. The van der Waals surface area contributed by atoms with E-state index in [1.165, 1.54) is 0 Å². The Morgan fingerprint density at radius 1 is 1.43 bits per heavy atom. The zero-order chi connectivity index (χ0) is 14.9. The van der Waals surface area contributed by atoms with Crippen LogP contribution in [0.2, 0.25) is 0 Å². The Kier molecular flexibility index (Phi) is 3.45. The predicted molar refractivity (Wildman–Crippen MR) is 75.7 cm³/mol. The van der Waals surface area contributed by atoms with Crippen LogP contribution in [0.4, 0.5) is 0 Å². The average molecular weight is 286 g/mol. The maximum Gasteiger partial charge on any atom is 0.242 e. The van der Waals surface area contributed by atoms with Gasteiger partial charge in [0.15, 0.2) is 5.82 Å². The zero-order valence-electron chi connectivity index (χ0n) is 12.2.